The number of hydrogen-bond acceptors (Lipinski definition) is 4. The molecule has 0 amide bonds. The Morgan fingerprint density at radius 1 is 0.622 bits per heavy atom. The zero-order chi connectivity index (χ0) is 25.7. The molecule has 3 aromatic carbocycles. The van der Waals surface area contributed by atoms with E-state index in [2.05, 4.69) is 0 Å². The van der Waals surface area contributed by atoms with Crippen molar-refractivity contribution < 1.29 is 18.4 Å². The van der Waals surface area contributed by atoms with Crippen LogP contribution in [0.3, 0.4) is 0 Å². The van der Waals surface area contributed by atoms with Crippen molar-refractivity contribution in [3.63, 3.8) is 0 Å². The van der Waals surface area contributed by atoms with E-state index >= 15 is 0 Å². The van der Waals surface area contributed by atoms with Crippen LogP contribution in [0.15, 0.2) is 72.8 Å². The predicted octanol–water partition coefficient (Wildman–Crippen LogP) is 9.58. The summed E-state index contributed by atoms with van der Waals surface area (Å²) in [7, 11) is -4.22. The van der Waals surface area contributed by atoms with Gasteiger partial charge >= 0.3 is 7.60 Å². The molecule has 0 N–H and O–H groups in total. The van der Waals surface area contributed by atoms with Gasteiger partial charge in [0.1, 0.15) is 11.5 Å². The van der Waals surface area contributed by atoms with Crippen molar-refractivity contribution in [3.05, 3.63) is 95.1 Å². The minimum absolute atomic E-state index is 0.312. The van der Waals surface area contributed by atoms with Gasteiger partial charge in [-0.3, -0.25) is 4.79 Å². The third-order valence-corrected chi connectivity index (χ3v) is 9.57. The van der Waals surface area contributed by atoms with Crippen LogP contribution in [0.2, 0.25) is 0 Å². The Morgan fingerprint density at radius 2 is 1.03 bits per heavy atom. The SMILES string of the molecule is Cc1ccc(C(=O)P(=O)(Oc2ccc(C3CCCCC3)cc2)Oc2ccc(C3CCCCC3)cc2)cc1. The van der Waals surface area contributed by atoms with E-state index in [9.17, 15) is 9.36 Å². The number of aryl methyl sites for hydroxylation is 1. The molecule has 0 aliphatic heterocycles. The highest BCUT2D eigenvalue weighted by atomic mass is 31.2. The molecule has 4 nitrogen and oxygen atoms in total. The normalized spacial score (nSPS) is 17.3. The topological polar surface area (TPSA) is 52.6 Å². The van der Waals surface area contributed by atoms with Crippen LogP contribution in [0.5, 0.6) is 11.5 Å². The van der Waals surface area contributed by atoms with E-state index < -0.39 is 13.1 Å². The van der Waals surface area contributed by atoms with Gasteiger partial charge in [0.05, 0.1) is 0 Å². The molecule has 5 heteroatoms. The first kappa shape index (κ1) is 25.8. The summed E-state index contributed by atoms with van der Waals surface area (Å²) in [5, 5.41) is 0. The molecule has 3 aromatic rings. The summed E-state index contributed by atoms with van der Waals surface area (Å²) in [6.07, 6.45) is 12.5. The van der Waals surface area contributed by atoms with Crippen molar-refractivity contribution in [3.8, 4) is 11.5 Å². The van der Waals surface area contributed by atoms with Gasteiger partial charge in [0, 0.05) is 5.56 Å². The Balaban J connectivity index is 1.38. The second-order valence-corrected chi connectivity index (χ2v) is 12.4. The molecular formula is C32H37O4P. The lowest BCUT2D eigenvalue weighted by Crippen LogP contribution is -2.12. The standard InChI is InChI=1S/C32H37O4P/c1-24-12-14-29(15-13-24)32(33)37(34,35-30-20-16-27(17-21-30)25-8-4-2-5-9-25)36-31-22-18-28(19-23-31)26-10-6-3-7-11-26/h12-23,25-26H,2-11H2,1H3. The van der Waals surface area contributed by atoms with E-state index in [1.807, 2.05) is 67.6 Å². The lowest BCUT2D eigenvalue weighted by Gasteiger charge is -2.23. The van der Waals surface area contributed by atoms with E-state index in [-0.39, 0.29) is 0 Å². The van der Waals surface area contributed by atoms with Crippen LogP contribution in [0.4, 0.5) is 0 Å². The molecule has 37 heavy (non-hydrogen) atoms. The van der Waals surface area contributed by atoms with E-state index in [4.69, 9.17) is 9.05 Å². The van der Waals surface area contributed by atoms with Gasteiger partial charge in [-0.05, 0) is 79.8 Å². The van der Waals surface area contributed by atoms with Gasteiger partial charge in [-0.1, -0.05) is 92.6 Å². The van der Waals surface area contributed by atoms with Gasteiger partial charge in [0.2, 0.25) is 0 Å². The molecule has 2 fully saturated rings. The molecule has 0 radical (unpaired) electrons. The zero-order valence-electron chi connectivity index (χ0n) is 21.7. The maximum absolute atomic E-state index is 14.1. The predicted molar refractivity (Wildman–Crippen MR) is 149 cm³/mol. The van der Waals surface area contributed by atoms with Gasteiger partial charge in [-0.15, -0.1) is 0 Å². The highest BCUT2D eigenvalue weighted by Gasteiger charge is 2.39. The molecule has 0 spiro atoms. The first-order valence-corrected chi connectivity index (χ1v) is 15.4. The second kappa shape index (κ2) is 11.7. The van der Waals surface area contributed by atoms with E-state index in [0.29, 0.717) is 28.9 Å². The van der Waals surface area contributed by atoms with Crippen LogP contribution < -0.4 is 9.05 Å². The molecular weight excluding hydrogens is 479 g/mol. The minimum atomic E-state index is -4.22. The molecule has 194 valence electrons. The van der Waals surface area contributed by atoms with Crippen LogP contribution in [-0.2, 0) is 4.57 Å². The molecule has 2 saturated carbocycles. The quantitative estimate of drug-likeness (QED) is 0.280. The lowest BCUT2D eigenvalue weighted by molar-refractivity contribution is 0.104. The van der Waals surface area contributed by atoms with Gasteiger partial charge in [0.15, 0.2) is 0 Å². The van der Waals surface area contributed by atoms with Crippen LogP contribution in [0.1, 0.15) is 103 Å². The number of carbonyl (C=O) groups excluding carboxylic acids is 1. The molecule has 0 atom stereocenters. The van der Waals surface area contributed by atoms with Gasteiger partial charge in [0.25, 0.3) is 5.52 Å². The van der Waals surface area contributed by atoms with E-state index in [0.717, 1.165) is 5.56 Å². The van der Waals surface area contributed by atoms with Crippen molar-refractivity contribution in [1.29, 1.82) is 0 Å². The van der Waals surface area contributed by atoms with Crippen molar-refractivity contribution in [2.24, 2.45) is 0 Å². The molecule has 0 unspecified atom stereocenters. The fourth-order valence-electron chi connectivity index (χ4n) is 5.71. The molecule has 0 heterocycles. The lowest BCUT2D eigenvalue weighted by atomic mass is 9.84. The molecule has 5 rings (SSSR count). The maximum atomic E-state index is 14.1. The van der Waals surface area contributed by atoms with Crippen LogP contribution >= 0.6 is 7.60 Å². The number of rotatable bonds is 8. The number of carbonyl (C=O) groups is 1. The summed E-state index contributed by atoms with van der Waals surface area (Å²) >= 11 is 0. The second-order valence-electron chi connectivity index (χ2n) is 10.7. The first-order valence-electron chi connectivity index (χ1n) is 13.8. The Kier molecular flexibility index (Phi) is 8.15. The van der Waals surface area contributed by atoms with Crippen molar-refractivity contribution >= 4 is 13.1 Å². The van der Waals surface area contributed by atoms with Crippen LogP contribution in [0.25, 0.3) is 0 Å². The van der Waals surface area contributed by atoms with Gasteiger partial charge in [-0.2, -0.15) is 0 Å². The summed E-state index contributed by atoms with van der Waals surface area (Å²) in [4.78, 5) is 13.5. The Bertz CT molecular complexity index is 1150. The van der Waals surface area contributed by atoms with Crippen LogP contribution in [-0.4, -0.2) is 5.52 Å². The highest BCUT2D eigenvalue weighted by molar-refractivity contribution is 7.73. The average molecular weight is 517 g/mol. The summed E-state index contributed by atoms with van der Waals surface area (Å²) in [5.74, 6) is 1.87. The van der Waals surface area contributed by atoms with E-state index in [1.165, 1.54) is 75.3 Å². The summed E-state index contributed by atoms with van der Waals surface area (Å²) in [5.41, 5.74) is 3.23. The zero-order valence-corrected chi connectivity index (χ0v) is 22.6. The third-order valence-electron chi connectivity index (χ3n) is 7.91. The monoisotopic (exact) mass is 516 g/mol. The molecule has 0 bridgehead atoms. The van der Waals surface area contributed by atoms with E-state index in [1.54, 1.807) is 12.1 Å². The third kappa shape index (κ3) is 6.36. The number of hydrogen-bond donors (Lipinski definition) is 0. The fourth-order valence-corrected chi connectivity index (χ4v) is 7.17. The Hall–Kier alpha value is -2.84. The highest BCUT2D eigenvalue weighted by Crippen LogP contribution is 2.51. The molecule has 0 saturated heterocycles. The number of benzene rings is 3. The molecule has 2 aliphatic rings. The van der Waals surface area contributed by atoms with Crippen molar-refractivity contribution in [2.75, 3.05) is 0 Å². The van der Waals surface area contributed by atoms with Crippen molar-refractivity contribution in [1.82, 2.24) is 0 Å². The minimum Gasteiger partial charge on any atom is -0.411 e. The Labute approximate surface area is 220 Å². The first-order chi connectivity index (χ1) is 18.0. The molecule has 2 aliphatic carbocycles. The fraction of sp³-hybridized carbons (Fsp3) is 0.406. The molecule has 0 aromatic heterocycles. The Morgan fingerprint density at radius 3 is 1.43 bits per heavy atom. The average Bonchev–Trinajstić information content (AvgIpc) is 2.95. The van der Waals surface area contributed by atoms with Crippen molar-refractivity contribution in [2.45, 2.75) is 83.0 Å². The van der Waals surface area contributed by atoms with Crippen LogP contribution in [0, 0.1) is 6.92 Å². The largest absolute Gasteiger partial charge is 0.503 e. The summed E-state index contributed by atoms with van der Waals surface area (Å²) < 4.78 is 26.0. The smallest absolute Gasteiger partial charge is 0.411 e. The maximum Gasteiger partial charge on any atom is 0.503 e. The van der Waals surface area contributed by atoms with Gasteiger partial charge in [-0.25, -0.2) is 4.57 Å². The summed E-state index contributed by atoms with van der Waals surface area (Å²) in [6.45, 7) is 1.95. The summed E-state index contributed by atoms with van der Waals surface area (Å²) in [6, 6.07) is 22.4. The van der Waals surface area contributed by atoms with Gasteiger partial charge < -0.3 is 9.05 Å².